The van der Waals surface area contributed by atoms with Crippen molar-refractivity contribution in [1.82, 2.24) is 20.2 Å². The second-order valence-corrected chi connectivity index (χ2v) is 5.48. The van der Waals surface area contributed by atoms with Crippen molar-refractivity contribution in [3.05, 3.63) is 72.2 Å². The molecule has 0 saturated heterocycles. The zero-order chi connectivity index (χ0) is 17.6. The van der Waals surface area contributed by atoms with Crippen LogP contribution in [0.1, 0.15) is 23.2 Å². The Morgan fingerprint density at radius 3 is 2.84 bits per heavy atom. The van der Waals surface area contributed by atoms with Crippen molar-refractivity contribution in [3.8, 4) is 5.75 Å². The fourth-order valence-corrected chi connectivity index (χ4v) is 2.60. The van der Waals surface area contributed by atoms with Crippen LogP contribution in [-0.4, -0.2) is 22.7 Å². The fourth-order valence-electron chi connectivity index (χ4n) is 2.60. The molecular formula is C18H20N4O3. The number of carbonyl (C=O) groups excluding carboxylic acids is 1. The molecule has 1 atom stereocenters. The highest BCUT2D eigenvalue weighted by molar-refractivity contribution is 5.75. The van der Waals surface area contributed by atoms with Gasteiger partial charge in [0, 0.05) is 25.0 Å². The molecule has 1 aromatic carbocycles. The summed E-state index contributed by atoms with van der Waals surface area (Å²) in [7, 11) is 3.48. The number of hydrogen-bond acceptors (Lipinski definition) is 4. The number of para-hydroxylation sites is 1. The number of aromatic nitrogens is 2. The normalized spacial score (nSPS) is 11.8. The number of aryl methyl sites for hydroxylation is 1. The number of carbonyl (C=O) groups is 1. The van der Waals surface area contributed by atoms with E-state index in [0.29, 0.717) is 23.9 Å². The number of rotatable bonds is 6. The van der Waals surface area contributed by atoms with Gasteiger partial charge in [0.1, 0.15) is 23.4 Å². The van der Waals surface area contributed by atoms with Crippen molar-refractivity contribution in [1.29, 1.82) is 0 Å². The highest BCUT2D eigenvalue weighted by Crippen LogP contribution is 2.28. The van der Waals surface area contributed by atoms with Crippen LogP contribution < -0.4 is 15.4 Å². The summed E-state index contributed by atoms with van der Waals surface area (Å²) in [4.78, 5) is 16.8. The Kier molecular flexibility index (Phi) is 5.03. The maximum absolute atomic E-state index is 12.4. The highest BCUT2D eigenvalue weighted by Gasteiger charge is 2.23. The summed E-state index contributed by atoms with van der Waals surface area (Å²) >= 11 is 0. The Hall–Kier alpha value is -3.22. The fraction of sp³-hybridized carbons (Fsp3) is 0.222. The van der Waals surface area contributed by atoms with Crippen LogP contribution in [-0.2, 0) is 13.6 Å². The molecule has 130 valence electrons. The van der Waals surface area contributed by atoms with Crippen molar-refractivity contribution in [2.24, 2.45) is 7.05 Å². The van der Waals surface area contributed by atoms with Crippen LogP contribution in [0.25, 0.3) is 0 Å². The molecule has 2 N–H and O–H groups in total. The number of furan rings is 1. The van der Waals surface area contributed by atoms with Crippen LogP contribution in [0.3, 0.4) is 0 Å². The third kappa shape index (κ3) is 3.82. The molecule has 0 fully saturated rings. The molecule has 2 aromatic heterocycles. The SMILES string of the molecule is COc1ccccc1C(NC(=O)NCc1ccco1)c1nccn1C. The predicted molar refractivity (Wildman–Crippen MR) is 92.1 cm³/mol. The van der Waals surface area contributed by atoms with Gasteiger partial charge in [0.15, 0.2) is 0 Å². The molecule has 7 heteroatoms. The van der Waals surface area contributed by atoms with Gasteiger partial charge in [-0.05, 0) is 18.2 Å². The molecule has 1 unspecified atom stereocenters. The van der Waals surface area contributed by atoms with Gasteiger partial charge in [-0.2, -0.15) is 0 Å². The molecule has 0 aliphatic heterocycles. The molecule has 0 bridgehead atoms. The van der Waals surface area contributed by atoms with Gasteiger partial charge >= 0.3 is 6.03 Å². The van der Waals surface area contributed by atoms with Gasteiger partial charge in [0.25, 0.3) is 0 Å². The first-order valence-electron chi connectivity index (χ1n) is 7.86. The Morgan fingerprint density at radius 1 is 1.32 bits per heavy atom. The van der Waals surface area contributed by atoms with Gasteiger partial charge in [-0.25, -0.2) is 9.78 Å². The third-order valence-corrected chi connectivity index (χ3v) is 3.85. The maximum atomic E-state index is 12.4. The number of nitrogens with one attached hydrogen (secondary N) is 2. The van der Waals surface area contributed by atoms with E-state index < -0.39 is 6.04 Å². The largest absolute Gasteiger partial charge is 0.496 e. The highest BCUT2D eigenvalue weighted by atomic mass is 16.5. The molecule has 3 aromatic rings. The minimum absolute atomic E-state index is 0.304. The van der Waals surface area contributed by atoms with E-state index in [9.17, 15) is 4.79 Å². The minimum Gasteiger partial charge on any atom is -0.496 e. The standard InChI is InChI=1S/C18H20N4O3/c1-22-10-9-19-17(22)16(14-7-3-4-8-15(14)24-2)21-18(23)20-12-13-6-5-11-25-13/h3-11,16H,12H2,1-2H3,(H2,20,21,23). The average Bonchev–Trinajstić information content (AvgIpc) is 3.29. The molecule has 0 aliphatic rings. The van der Waals surface area contributed by atoms with Crippen molar-refractivity contribution in [2.75, 3.05) is 7.11 Å². The summed E-state index contributed by atoms with van der Waals surface area (Å²) in [5.41, 5.74) is 0.826. The zero-order valence-corrected chi connectivity index (χ0v) is 14.1. The third-order valence-electron chi connectivity index (χ3n) is 3.85. The van der Waals surface area contributed by atoms with Gasteiger partial charge in [-0.15, -0.1) is 0 Å². The summed E-state index contributed by atoms with van der Waals surface area (Å²) < 4.78 is 12.5. The Morgan fingerprint density at radius 2 is 2.16 bits per heavy atom. The summed E-state index contributed by atoms with van der Waals surface area (Å²) in [5, 5.41) is 5.74. The quantitative estimate of drug-likeness (QED) is 0.723. The van der Waals surface area contributed by atoms with E-state index in [1.165, 1.54) is 0 Å². The number of ether oxygens (including phenoxy) is 1. The van der Waals surface area contributed by atoms with Crippen LogP contribution in [0.15, 0.2) is 59.5 Å². The van der Waals surface area contributed by atoms with Crippen molar-refractivity contribution < 1.29 is 13.9 Å². The summed E-state index contributed by atoms with van der Waals surface area (Å²) in [5.74, 6) is 2.07. The van der Waals surface area contributed by atoms with Crippen LogP contribution in [0.2, 0.25) is 0 Å². The lowest BCUT2D eigenvalue weighted by molar-refractivity contribution is 0.236. The van der Waals surface area contributed by atoms with Gasteiger partial charge in [-0.3, -0.25) is 0 Å². The van der Waals surface area contributed by atoms with Gasteiger partial charge < -0.3 is 24.4 Å². The molecular weight excluding hydrogens is 320 g/mol. The van der Waals surface area contributed by atoms with E-state index in [1.54, 1.807) is 31.7 Å². The molecule has 7 nitrogen and oxygen atoms in total. The summed E-state index contributed by atoms with van der Waals surface area (Å²) in [6.07, 6.45) is 5.10. The predicted octanol–water partition coefficient (Wildman–Crippen LogP) is 2.61. The van der Waals surface area contributed by atoms with Crippen LogP contribution in [0.4, 0.5) is 4.79 Å². The number of amides is 2. The number of nitrogens with zero attached hydrogens (tertiary/aromatic N) is 2. The van der Waals surface area contributed by atoms with E-state index in [2.05, 4.69) is 15.6 Å². The molecule has 0 spiro atoms. The van der Waals surface area contributed by atoms with Gasteiger partial charge in [0.05, 0.1) is 19.9 Å². The van der Waals surface area contributed by atoms with E-state index >= 15 is 0 Å². The first-order chi connectivity index (χ1) is 12.2. The number of hydrogen-bond donors (Lipinski definition) is 2. The smallest absolute Gasteiger partial charge is 0.316 e. The summed E-state index contributed by atoms with van der Waals surface area (Å²) in [6, 6.07) is 10.4. The molecule has 25 heavy (non-hydrogen) atoms. The molecule has 0 radical (unpaired) electrons. The van der Waals surface area contributed by atoms with Crippen LogP contribution in [0, 0.1) is 0 Å². The number of benzene rings is 1. The second kappa shape index (κ2) is 7.57. The monoisotopic (exact) mass is 340 g/mol. The van der Waals surface area contributed by atoms with Crippen LogP contribution >= 0.6 is 0 Å². The second-order valence-electron chi connectivity index (χ2n) is 5.48. The van der Waals surface area contributed by atoms with E-state index in [1.807, 2.05) is 42.1 Å². The van der Waals surface area contributed by atoms with Gasteiger partial charge in [-0.1, -0.05) is 18.2 Å². The molecule has 0 aliphatic carbocycles. The first kappa shape index (κ1) is 16.6. The van der Waals surface area contributed by atoms with Crippen molar-refractivity contribution >= 4 is 6.03 Å². The van der Waals surface area contributed by atoms with Crippen LogP contribution in [0.5, 0.6) is 5.75 Å². The average molecular weight is 340 g/mol. The lowest BCUT2D eigenvalue weighted by atomic mass is 10.0. The number of methoxy groups -OCH3 is 1. The Balaban J connectivity index is 1.82. The topological polar surface area (TPSA) is 81.3 Å². The summed E-state index contributed by atoms with van der Waals surface area (Å²) in [6.45, 7) is 0.304. The van der Waals surface area contributed by atoms with Crippen molar-refractivity contribution in [2.45, 2.75) is 12.6 Å². The zero-order valence-electron chi connectivity index (χ0n) is 14.1. The number of imidazole rings is 1. The van der Waals surface area contributed by atoms with E-state index in [4.69, 9.17) is 9.15 Å². The number of urea groups is 1. The lowest BCUT2D eigenvalue weighted by Gasteiger charge is -2.21. The molecule has 2 amide bonds. The first-order valence-corrected chi connectivity index (χ1v) is 7.86. The Labute approximate surface area is 145 Å². The minimum atomic E-state index is -0.451. The maximum Gasteiger partial charge on any atom is 0.316 e. The lowest BCUT2D eigenvalue weighted by Crippen LogP contribution is -2.39. The van der Waals surface area contributed by atoms with E-state index in [0.717, 1.165) is 5.56 Å². The Bertz CT molecular complexity index is 826. The molecule has 0 saturated carbocycles. The van der Waals surface area contributed by atoms with Gasteiger partial charge in [0.2, 0.25) is 0 Å². The van der Waals surface area contributed by atoms with Crippen molar-refractivity contribution in [3.63, 3.8) is 0 Å². The van der Waals surface area contributed by atoms with E-state index in [-0.39, 0.29) is 6.03 Å². The molecule has 3 rings (SSSR count). The molecule has 2 heterocycles.